The molecule has 0 radical (unpaired) electrons. The van der Waals surface area contributed by atoms with E-state index >= 15 is 0 Å². The highest BCUT2D eigenvalue weighted by molar-refractivity contribution is 5.73. The molecule has 0 aromatic carbocycles. The summed E-state index contributed by atoms with van der Waals surface area (Å²) in [6, 6.07) is 5.22. The van der Waals surface area contributed by atoms with Gasteiger partial charge in [-0.15, -0.1) is 0 Å². The van der Waals surface area contributed by atoms with Gasteiger partial charge in [-0.25, -0.2) is 4.79 Å². The first-order valence-corrected chi connectivity index (χ1v) is 5.25. The number of pyridine rings is 1. The van der Waals surface area contributed by atoms with E-state index in [2.05, 4.69) is 14.8 Å². The van der Waals surface area contributed by atoms with E-state index < -0.39 is 6.04 Å². The molecule has 2 heterocycles. The van der Waals surface area contributed by atoms with E-state index in [1.54, 1.807) is 30.2 Å². The number of ether oxygens (including phenoxy) is 1. The SMILES string of the molecule is COC(=O)C(C)n1cc(-c2ccccn2)cn1. The molecule has 17 heavy (non-hydrogen) atoms. The summed E-state index contributed by atoms with van der Waals surface area (Å²) in [7, 11) is 1.36. The predicted octanol–water partition coefficient (Wildman–Crippen LogP) is 1.68. The lowest BCUT2D eigenvalue weighted by Crippen LogP contribution is -2.17. The summed E-state index contributed by atoms with van der Waals surface area (Å²) in [6.45, 7) is 1.74. The van der Waals surface area contributed by atoms with Gasteiger partial charge in [0.15, 0.2) is 0 Å². The molecule has 0 aliphatic rings. The zero-order valence-electron chi connectivity index (χ0n) is 9.70. The molecular formula is C12H13N3O2. The minimum atomic E-state index is -0.433. The highest BCUT2D eigenvalue weighted by Gasteiger charge is 2.16. The third-order valence-electron chi connectivity index (χ3n) is 2.50. The van der Waals surface area contributed by atoms with E-state index in [1.807, 2.05) is 18.2 Å². The number of hydrogen-bond acceptors (Lipinski definition) is 4. The quantitative estimate of drug-likeness (QED) is 0.754. The first kappa shape index (κ1) is 11.3. The summed E-state index contributed by atoms with van der Waals surface area (Å²) in [6.07, 6.45) is 5.18. The van der Waals surface area contributed by atoms with Crippen LogP contribution in [0.25, 0.3) is 11.3 Å². The number of methoxy groups -OCH3 is 1. The Morgan fingerprint density at radius 2 is 2.29 bits per heavy atom. The van der Waals surface area contributed by atoms with Crippen LogP contribution in [0.1, 0.15) is 13.0 Å². The van der Waals surface area contributed by atoms with Gasteiger partial charge in [-0.05, 0) is 19.1 Å². The van der Waals surface area contributed by atoms with Crippen molar-refractivity contribution in [3.05, 3.63) is 36.8 Å². The number of aromatic nitrogens is 3. The summed E-state index contributed by atoms with van der Waals surface area (Å²) in [5.74, 6) is -0.319. The van der Waals surface area contributed by atoms with Crippen molar-refractivity contribution in [2.75, 3.05) is 7.11 Å². The fourth-order valence-electron chi connectivity index (χ4n) is 1.49. The van der Waals surface area contributed by atoms with Crippen LogP contribution in [0.3, 0.4) is 0 Å². The van der Waals surface area contributed by atoms with Crippen molar-refractivity contribution in [1.29, 1.82) is 0 Å². The Hall–Kier alpha value is -2.17. The van der Waals surface area contributed by atoms with E-state index in [0.717, 1.165) is 11.3 Å². The fraction of sp³-hybridized carbons (Fsp3) is 0.250. The summed E-state index contributed by atoms with van der Waals surface area (Å²) in [5.41, 5.74) is 1.71. The normalized spacial score (nSPS) is 12.1. The van der Waals surface area contributed by atoms with E-state index in [0.29, 0.717) is 0 Å². The molecule has 0 saturated heterocycles. The van der Waals surface area contributed by atoms with E-state index in [-0.39, 0.29) is 5.97 Å². The lowest BCUT2D eigenvalue weighted by atomic mass is 10.2. The monoisotopic (exact) mass is 231 g/mol. The van der Waals surface area contributed by atoms with Gasteiger partial charge >= 0.3 is 5.97 Å². The summed E-state index contributed by atoms with van der Waals surface area (Å²) < 4.78 is 6.23. The molecule has 0 bridgehead atoms. The zero-order valence-corrected chi connectivity index (χ0v) is 9.70. The number of esters is 1. The molecule has 5 heteroatoms. The highest BCUT2D eigenvalue weighted by Crippen LogP contribution is 2.17. The Morgan fingerprint density at radius 1 is 1.47 bits per heavy atom. The Labute approximate surface area is 99.1 Å². The molecule has 0 N–H and O–H groups in total. The van der Waals surface area contributed by atoms with Gasteiger partial charge in [-0.2, -0.15) is 5.10 Å². The van der Waals surface area contributed by atoms with Gasteiger partial charge in [-0.1, -0.05) is 6.07 Å². The lowest BCUT2D eigenvalue weighted by molar-refractivity contribution is -0.144. The molecule has 88 valence electrons. The van der Waals surface area contributed by atoms with Crippen LogP contribution >= 0.6 is 0 Å². The van der Waals surface area contributed by atoms with Crippen molar-refractivity contribution in [3.63, 3.8) is 0 Å². The molecular weight excluding hydrogens is 218 g/mol. The lowest BCUT2D eigenvalue weighted by Gasteiger charge is -2.08. The Bertz CT molecular complexity index is 507. The van der Waals surface area contributed by atoms with Crippen molar-refractivity contribution in [2.45, 2.75) is 13.0 Å². The number of carbonyl (C=O) groups excluding carboxylic acids is 1. The first-order chi connectivity index (χ1) is 8.22. The Balaban J connectivity index is 2.25. The number of rotatable bonds is 3. The van der Waals surface area contributed by atoms with Crippen LogP contribution in [0.2, 0.25) is 0 Å². The summed E-state index contributed by atoms with van der Waals surface area (Å²) in [4.78, 5) is 15.6. The molecule has 0 fully saturated rings. The maximum absolute atomic E-state index is 11.4. The average Bonchev–Trinajstić information content (AvgIpc) is 2.87. The molecule has 5 nitrogen and oxygen atoms in total. The van der Waals surface area contributed by atoms with Crippen LogP contribution < -0.4 is 0 Å². The minimum absolute atomic E-state index is 0.319. The van der Waals surface area contributed by atoms with Crippen LogP contribution in [-0.4, -0.2) is 27.8 Å². The molecule has 0 amide bonds. The second-order valence-corrected chi connectivity index (χ2v) is 3.62. The maximum Gasteiger partial charge on any atom is 0.330 e. The van der Waals surface area contributed by atoms with Gasteiger partial charge in [-0.3, -0.25) is 9.67 Å². The van der Waals surface area contributed by atoms with Crippen molar-refractivity contribution in [3.8, 4) is 11.3 Å². The smallest absolute Gasteiger partial charge is 0.330 e. The van der Waals surface area contributed by atoms with Crippen LogP contribution in [0.15, 0.2) is 36.8 Å². The topological polar surface area (TPSA) is 57.0 Å². The van der Waals surface area contributed by atoms with Gasteiger partial charge in [0, 0.05) is 18.0 Å². The van der Waals surface area contributed by atoms with E-state index in [1.165, 1.54) is 7.11 Å². The van der Waals surface area contributed by atoms with Crippen molar-refractivity contribution < 1.29 is 9.53 Å². The Morgan fingerprint density at radius 3 is 2.94 bits per heavy atom. The largest absolute Gasteiger partial charge is 0.467 e. The van der Waals surface area contributed by atoms with Crippen LogP contribution in [-0.2, 0) is 9.53 Å². The zero-order chi connectivity index (χ0) is 12.3. The van der Waals surface area contributed by atoms with Gasteiger partial charge in [0.2, 0.25) is 0 Å². The minimum Gasteiger partial charge on any atom is -0.467 e. The van der Waals surface area contributed by atoms with Crippen LogP contribution in [0, 0.1) is 0 Å². The van der Waals surface area contributed by atoms with Crippen molar-refractivity contribution >= 4 is 5.97 Å². The van der Waals surface area contributed by atoms with Crippen molar-refractivity contribution in [2.24, 2.45) is 0 Å². The van der Waals surface area contributed by atoms with Gasteiger partial charge in [0.05, 0.1) is 19.0 Å². The molecule has 1 atom stereocenters. The molecule has 1 unspecified atom stereocenters. The molecule has 2 rings (SSSR count). The molecule has 0 saturated carbocycles. The molecule has 2 aromatic heterocycles. The second kappa shape index (κ2) is 4.78. The summed E-state index contributed by atoms with van der Waals surface area (Å²) >= 11 is 0. The van der Waals surface area contributed by atoms with Gasteiger partial charge < -0.3 is 4.74 Å². The predicted molar refractivity (Wildman–Crippen MR) is 62.2 cm³/mol. The maximum atomic E-state index is 11.4. The van der Waals surface area contributed by atoms with Gasteiger partial charge in [0.1, 0.15) is 6.04 Å². The highest BCUT2D eigenvalue weighted by atomic mass is 16.5. The third kappa shape index (κ3) is 2.33. The van der Waals surface area contributed by atoms with Crippen LogP contribution in [0.4, 0.5) is 0 Å². The molecule has 0 aliphatic carbocycles. The molecule has 0 spiro atoms. The fourth-order valence-corrected chi connectivity index (χ4v) is 1.49. The standard InChI is InChI=1S/C12H13N3O2/c1-9(12(16)17-2)15-8-10(7-14-15)11-5-3-4-6-13-11/h3-9H,1-2H3. The third-order valence-corrected chi connectivity index (χ3v) is 2.50. The van der Waals surface area contributed by atoms with E-state index in [4.69, 9.17) is 0 Å². The van der Waals surface area contributed by atoms with Crippen molar-refractivity contribution in [1.82, 2.24) is 14.8 Å². The average molecular weight is 231 g/mol. The number of carbonyl (C=O) groups is 1. The van der Waals surface area contributed by atoms with Gasteiger partial charge in [0.25, 0.3) is 0 Å². The first-order valence-electron chi connectivity index (χ1n) is 5.25. The molecule has 0 aliphatic heterocycles. The second-order valence-electron chi connectivity index (χ2n) is 3.62. The number of nitrogens with zero attached hydrogens (tertiary/aromatic N) is 3. The number of hydrogen-bond donors (Lipinski definition) is 0. The molecule has 2 aromatic rings. The van der Waals surface area contributed by atoms with Crippen LogP contribution in [0.5, 0.6) is 0 Å². The Kier molecular flexibility index (Phi) is 3.18. The summed E-state index contributed by atoms with van der Waals surface area (Å²) in [5, 5.41) is 4.14. The van der Waals surface area contributed by atoms with E-state index in [9.17, 15) is 4.79 Å².